The molecule has 0 atom stereocenters. The third-order valence-electron chi connectivity index (χ3n) is 2.63. The molecule has 0 unspecified atom stereocenters. The third kappa shape index (κ3) is 1.48. The van der Waals surface area contributed by atoms with Gasteiger partial charge in [0.1, 0.15) is 5.75 Å². The number of Topliss-reactive ketones (excluding diaryl/α,β-unsaturated/α-hetero) is 1. The Balaban J connectivity index is 2.95. The SMILES string of the molecule is COc1ccc(Cl)c2c1c(C(C)=O)cn2C. The molecule has 0 amide bonds. The summed E-state index contributed by atoms with van der Waals surface area (Å²) in [6, 6.07) is 3.55. The summed E-state index contributed by atoms with van der Waals surface area (Å²) in [5.74, 6) is 0.677. The van der Waals surface area contributed by atoms with Crippen LogP contribution in [0.5, 0.6) is 5.75 Å². The van der Waals surface area contributed by atoms with Crippen LogP contribution in [0.25, 0.3) is 10.9 Å². The predicted octanol–water partition coefficient (Wildman–Crippen LogP) is 3.04. The van der Waals surface area contributed by atoms with Crippen molar-refractivity contribution in [1.82, 2.24) is 4.57 Å². The van der Waals surface area contributed by atoms with Gasteiger partial charge < -0.3 is 9.30 Å². The van der Waals surface area contributed by atoms with E-state index in [1.165, 1.54) is 6.92 Å². The zero-order valence-electron chi connectivity index (χ0n) is 9.37. The lowest BCUT2D eigenvalue weighted by Gasteiger charge is -2.05. The second-order valence-corrected chi connectivity index (χ2v) is 4.09. The van der Waals surface area contributed by atoms with Crippen molar-refractivity contribution in [3.05, 3.63) is 28.9 Å². The van der Waals surface area contributed by atoms with Crippen LogP contribution < -0.4 is 4.74 Å². The summed E-state index contributed by atoms with van der Waals surface area (Å²) in [5.41, 5.74) is 1.46. The van der Waals surface area contributed by atoms with Gasteiger partial charge >= 0.3 is 0 Å². The summed E-state index contributed by atoms with van der Waals surface area (Å²) < 4.78 is 7.11. The van der Waals surface area contributed by atoms with Crippen LogP contribution >= 0.6 is 11.6 Å². The average molecular weight is 238 g/mol. The molecule has 0 saturated carbocycles. The molecule has 0 N–H and O–H groups in total. The molecule has 0 bridgehead atoms. The summed E-state index contributed by atoms with van der Waals surface area (Å²) in [6.45, 7) is 1.54. The molecule has 2 aromatic rings. The van der Waals surface area contributed by atoms with E-state index in [1.807, 2.05) is 11.6 Å². The first kappa shape index (κ1) is 11.0. The smallest absolute Gasteiger partial charge is 0.162 e. The van der Waals surface area contributed by atoms with E-state index < -0.39 is 0 Å². The maximum absolute atomic E-state index is 11.5. The Morgan fingerprint density at radius 1 is 1.44 bits per heavy atom. The first-order valence-corrected chi connectivity index (χ1v) is 5.26. The molecular weight excluding hydrogens is 226 g/mol. The number of hydrogen-bond donors (Lipinski definition) is 0. The Morgan fingerprint density at radius 3 is 2.69 bits per heavy atom. The molecule has 0 aliphatic heterocycles. The molecule has 0 spiro atoms. The number of hydrogen-bond acceptors (Lipinski definition) is 2. The second kappa shape index (κ2) is 3.83. The van der Waals surface area contributed by atoms with Crippen molar-refractivity contribution in [2.75, 3.05) is 7.11 Å². The van der Waals surface area contributed by atoms with Gasteiger partial charge in [-0.05, 0) is 19.1 Å². The van der Waals surface area contributed by atoms with Gasteiger partial charge in [-0.15, -0.1) is 0 Å². The minimum absolute atomic E-state index is 0.00571. The maximum Gasteiger partial charge on any atom is 0.162 e. The number of ether oxygens (including phenoxy) is 1. The topological polar surface area (TPSA) is 31.2 Å². The lowest BCUT2D eigenvalue weighted by molar-refractivity contribution is 0.101. The van der Waals surface area contributed by atoms with Gasteiger partial charge in [0.15, 0.2) is 5.78 Å². The maximum atomic E-state index is 11.5. The average Bonchev–Trinajstić information content (AvgIpc) is 2.58. The third-order valence-corrected chi connectivity index (χ3v) is 2.94. The molecule has 0 fully saturated rings. The fraction of sp³-hybridized carbons (Fsp3) is 0.250. The molecule has 16 heavy (non-hydrogen) atoms. The highest BCUT2D eigenvalue weighted by Crippen LogP contribution is 2.35. The summed E-state index contributed by atoms with van der Waals surface area (Å²) in [7, 11) is 3.44. The molecule has 0 aliphatic rings. The van der Waals surface area contributed by atoms with Gasteiger partial charge in [-0.1, -0.05) is 11.6 Å². The van der Waals surface area contributed by atoms with Crippen molar-refractivity contribution < 1.29 is 9.53 Å². The highest BCUT2D eigenvalue weighted by molar-refractivity contribution is 6.36. The second-order valence-electron chi connectivity index (χ2n) is 3.68. The minimum Gasteiger partial charge on any atom is -0.496 e. The van der Waals surface area contributed by atoms with Crippen molar-refractivity contribution in [1.29, 1.82) is 0 Å². The summed E-state index contributed by atoms with van der Waals surface area (Å²) in [5, 5.41) is 1.40. The van der Waals surface area contributed by atoms with Crippen molar-refractivity contribution in [3.63, 3.8) is 0 Å². The van der Waals surface area contributed by atoms with Crippen molar-refractivity contribution in [2.24, 2.45) is 7.05 Å². The molecule has 84 valence electrons. The lowest BCUT2D eigenvalue weighted by Crippen LogP contribution is -1.91. The molecule has 0 saturated heterocycles. The standard InChI is InChI=1S/C12H12ClNO2/c1-7(15)8-6-14(2)12-9(13)4-5-10(16-3)11(8)12/h4-6H,1-3H3. The minimum atomic E-state index is 0.00571. The summed E-state index contributed by atoms with van der Waals surface area (Å²) in [4.78, 5) is 11.5. The highest BCUT2D eigenvalue weighted by Gasteiger charge is 2.16. The molecular formula is C12H12ClNO2. The molecule has 1 aromatic carbocycles. The first-order valence-electron chi connectivity index (χ1n) is 4.88. The fourth-order valence-electron chi connectivity index (χ4n) is 1.91. The van der Waals surface area contributed by atoms with Crippen LogP contribution in [0.1, 0.15) is 17.3 Å². The van der Waals surface area contributed by atoms with Gasteiger partial charge in [0.05, 0.1) is 23.0 Å². The molecule has 3 nitrogen and oxygen atoms in total. The van der Waals surface area contributed by atoms with Crippen molar-refractivity contribution in [3.8, 4) is 5.75 Å². The van der Waals surface area contributed by atoms with E-state index >= 15 is 0 Å². The molecule has 0 radical (unpaired) electrons. The van der Waals surface area contributed by atoms with Crippen LogP contribution in [0.3, 0.4) is 0 Å². The molecule has 2 rings (SSSR count). The first-order chi connectivity index (χ1) is 7.56. The number of fused-ring (bicyclic) bond motifs is 1. The van der Waals surface area contributed by atoms with E-state index in [1.54, 1.807) is 25.4 Å². The van der Waals surface area contributed by atoms with Crippen molar-refractivity contribution >= 4 is 28.3 Å². The summed E-state index contributed by atoms with van der Waals surface area (Å²) in [6.07, 6.45) is 1.78. The van der Waals surface area contributed by atoms with E-state index in [-0.39, 0.29) is 5.78 Å². The largest absolute Gasteiger partial charge is 0.496 e. The number of nitrogens with zero attached hydrogens (tertiary/aromatic N) is 1. The number of methoxy groups -OCH3 is 1. The lowest BCUT2D eigenvalue weighted by atomic mass is 10.1. The fourth-order valence-corrected chi connectivity index (χ4v) is 2.20. The number of benzene rings is 1. The van der Waals surface area contributed by atoms with Crippen LogP contribution in [0.2, 0.25) is 5.02 Å². The van der Waals surface area contributed by atoms with Gasteiger partial charge in [-0.2, -0.15) is 0 Å². The van der Waals surface area contributed by atoms with Gasteiger partial charge in [-0.3, -0.25) is 4.79 Å². The highest BCUT2D eigenvalue weighted by atomic mass is 35.5. The van der Waals surface area contributed by atoms with Gasteiger partial charge in [-0.25, -0.2) is 0 Å². The Labute approximate surface area is 98.6 Å². The van der Waals surface area contributed by atoms with Gasteiger partial charge in [0.2, 0.25) is 0 Å². The van der Waals surface area contributed by atoms with Gasteiger partial charge in [0, 0.05) is 18.8 Å². The molecule has 1 aromatic heterocycles. The number of carbonyl (C=O) groups excluding carboxylic acids is 1. The van der Waals surface area contributed by atoms with Crippen LogP contribution in [-0.4, -0.2) is 17.5 Å². The number of halogens is 1. The Bertz CT molecular complexity index is 572. The number of ketones is 1. The quantitative estimate of drug-likeness (QED) is 0.752. The number of carbonyl (C=O) groups is 1. The Hall–Kier alpha value is -1.48. The molecule has 4 heteroatoms. The Morgan fingerprint density at radius 2 is 2.12 bits per heavy atom. The summed E-state index contributed by atoms with van der Waals surface area (Å²) >= 11 is 6.12. The normalized spacial score (nSPS) is 10.8. The van der Waals surface area contributed by atoms with Gasteiger partial charge in [0.25, 0.3) is 0 Å². The van der Waals surface area contributed by atoms with Crippen LogP contribution in [0.4, 0.5) is 0 Å². The van der Waals surface area contributed by atoms with E-state index in [2.05, 4.69) is 0 Å². The number of aryl methyl sites for hydroxylation is 1. The van der Waals surface area contributed by atoms with E-state index in [0.29, 0.717) is 16.3 Å². The molecule has 0 aliphatic carbocycles. The zero-order valence-corrected chi connectivity index (χ0v) is 10.1. The van der Waals surface area contributed by atoms with Crippen LogP contribution in [0, 0.1) is 0 Å². The molecule has 1 heterocycles. The van der Waals surface area contributed by atoms with E-state index in [9.17, 15) is 4.79 Å². The van der Waals surface area contributed by atoms with E-state index in [4.69, 9.17) is 16.3 Å². The van der Waals surface area contributed by atoms with Crippen LogP contribution in [0.15, 0.2) is 18.3 Å². The number of rotatable bonds is 2. The Kier molecular flexibility index (Phi) is 2.64. The van der Waals surface area contributed by atoms with Crippen molar-refractivity contribution in [2.45, 2.75) is 6.92 Å². The monoisotopic (exact) mass is 237 g/mol. The van der Waals surface area contributed by atoms with E-state index in [0.717, 1.165) is 10.9 Å². The number of aromatic nitrogens is 1. The van der Waals surface area contributed by atoms with Crippen LogP contribution in [-0.2, 0) is 7.05 Å². The zero-order chi connectivity index (χ0) is 11.9. The predicted molar refractivity (Wildman–Crippen MR) is 64.5 cm³/mol.